The van der Waals surface area contributed by atoms with Gasteiger partial charge in [0.05, 0.1) is 5.69 Å². The Morgan fingerprint density at radius 1 is 1.07 bits per heavy atom. The fourth-order valence-electron chi connectivity index (χ4n) is 1.22. The van der Waals surface area contributed by atoms with Crippen molar-refractivity contribution in [3.05, 3.63) is 48.4 Å². The number of pyridine rings is 2. The van der Waals surface area contributed by atoms with Crippen LogP contribution in [0.1, 0.15) is 5.56 Å². The summed E-state index contributed by atoms with van der Waals surface area (Å²) < 4.78 is 0. The van der Waals surface area contributed by atoms with Crippen LogP contribution < -0.4 is 0 Å². The number of nitrogens with zero attached hydrogens (tertiary/aromatic N) is 2. The zero-order valence-corrected chi connectivity index (χ0v) is 7.51. The zero-order valence-electron chi connectivity index (χ0n) is 7.51. The van der Waals surface area contributed by atoms with Crippen LogP contribution in [-0.4, -0.2) is 16.2 Å². The number of rotatable bonds is 2. The lowest BCUT2D eigenvalue weighted by atomic mass is 10.1. The quantitative estimate of drug-likeness (QED) is 0.725. The molecule has 1 N–H and O–H groups in total. The molecule has 0 fully saturated rings. The molecule has 0 bridgehead atoms. The lowest BCUT2D eigenvalue weighted by molar-refractivity contribution is 1.28. The number of hydrogen-bond acceptors (Lipinski definition) is 3. The standard InChI is InChI=1S/C11H9N3/c12-8-9-1-6-14-11(7-9)10-2-4-13-5-3-10/h1-8,12H. The van der Waals surface area contributed by atoms with Crippen LogP contribution in [0.5, 0.6) is 0 Å². The number of aromatic nitrogens is 2. The maximum Gasteiger partial charge on any atom is 0.0709 e. The van der Waals surface area contributed by atoms with Crippen molar-refractivity contribution in [3.8, 4) is 11.3 Å². The summed E-state index contributed by atoms with van der Waals surface area (Å²) in [5.74, 6) is 0. The van der Waals surface area contributed by atoms with E-state index in [-0.39, 0.29) is 0 Å². The smallest absolute Gasteiger partial charge is 0.0709 e. The van der Waals surface area contributed by atoms with Crippen molar-refractivity contribution in [1.82, 2.24) is 9.97 Å². The molecule has 0 saturated heterocycles. The Balaban J connectivity index is 2.47. The van der Waals surface area contributed by atoms with E-state index in [0.29, 0.717) is 0 Å². The Labute approximate surface area is 82.0 Å². The van der Waals surface area contributed by atoms with E-state index in [1.165, 1.54) is 6.21 Å². The van der Waals surface area contributed by atoms with Crippen LogP contribution in [-0.2, 0) is 0 Å². The monoisotopic (exact) mass is 183 g/mol. The van der Waals surface area contributed by atoms with Gasteiger partial charge in [-0.25, -0.2) is 0 Å². The van der Waals surface area contributed by atoms with E-state index in [0.717, 1.165) is 16.8 Å². The molecule has 0 aliphatic rings. The van der Waals surface area contributed by atoms with Crippen molar-refractivity contribution in [2.45, 2.75) is 0 Å². The first-order valence-electron chi connectivity index (χ1n) is 4.27. The van der Waals surface area contributed by atoms with Crippen LogP contribution in [0.2, 0.25) is 0 Å². The van der Waals surface area contributed by atoms with Gasteiger partial charge in [0.1, 0.15) is 0 Å². The fourth-order valence-corrected chi connectivity index (χ4v) is 1.22. The van der Waals surface area contributed by atoms with Crippen molar-refractivity contribution in [3.63, 3.8) is 0 Å². The second-order valence-electron chi connectivity index (χ2n) is 2.85. The maximum absolute atomic E-state index is 7.14. The third-order valence-corrected chi connectivity index (χ3v) is 1.93. The van der Waals surface area contributed by atoms with E-state index >= 15 is 0 Å². The van der Waals surface area contributed by atoms with E-state index in [2.05, 4.69) is 9.97 Å². The molecular weight excluding hydrogens is 174 g/mol. The average molecular weight is 183 g/mol. The van der Waals surface area contributed by atoms with Crippen LogP contribution in [0.4, 0.5) is 0 Å². The summed E-state index contributed by atoms with van der Waals surface area (Å²) in [6, 6.07) is 7.48. The molecule has 0 aromatic carbocycles. The van der Waals surface area contributed by atoms with Gasteiger partial charge < -0.3 is 5.41 Å². The molecule has 2 aromatic heterocycles. The van der Waals surface area contributed by atoms with Gasteiger partial charge in [0, 0.05) is 30.4 Å². The van der Waals surface area contributed by atoms with Crippen LogP contribution in [0.15, 0.2) is 42.9 Å². The van der Waals surface area contributed by atoms with E-state index < -0.39 is 0 Å². The maximum atomic E-state index is 7.14. The molecule has 0 spiro atoms. The lowest BCUT2D eigenvalue weighted by Crippen LogP contribution is -1.86. The van der Waals surface area contributed by atoms with E-state index in [9.17, 15) is 0 Å². The highest BCUT2D eigenvalue weighted by Crippen LogP contribution is 2.15. The second kappa shape index (κ2) is 3.79. The van der Waals surface area contributed by atoms with E-state index in [4.69, 9.17) is 5.41 Å². The number of hydrogen-bond donors (Lipinski definition) is 1. The summed E-state index contributed by atoms with van der Waals surface area (Å²) >= 11 is 0. The van der Waals surface area contributed by atoms with E-state index in [1.54, 1.807) is 24.7 Å². The summed E-state index contributed by atoms with van der Waals surface area (Å²) in [6.45, 7) is 0. The van der Waals surface area contributed by atoms with Gasteiger partial charge in [0.2, 0.25) is 0 Å². The van der Waals surface area contributed by atoms with E-state index in [1.807, 2.05) is 18.2 Å². The fraction of sp³-hybridized carbons (Fsp3) is 0. The summed E-state index contributed by atoms with van der Waals surface area (Å²) in [5, 5.41) is 7.14. The Morgan fingerprint density at radius 3 is 2.57 bits per heavy atom. The highest BCUT2D eigenvalue weighted by molar-refractivity contribution is 5.79. The van der Waals surface area contributed by atoms with Crippen molar-refractivity contribution < 1.29 is 0 Å². The molecule has 14 heavy (non-hydrogen) atoms. The second-order valence-corrected chi connectivity index (χ2v) is 2.85. The third kappa shape index (κ3) is 1.66. The molecule has 2 heterocycles. The van der Waals surface area contributed by atoms with Gasteiger partial charge in [-0.05, 0) is 29.8 Å². The van der Waals surface area contributed by atoms with Gasteiger partial charge in [-0.3, -0.25) is 9.97 Å². The Morgan fingerprint density at radius 2 is 1.86 bits per heavy atom. The van der Waals surface area contributed by atoms with Gasteiger partial charge in [0.25, 0.3) is 0 Å². The normalized spacial score (nSPS) is 9.71. The molecule has 3 heteroatoms. The van der Waals surface area contributed by atoms with Crippen LogP contribution >= 0.6 is 0 Å². The average Bonchev–Trinajstić information content (AvgIpc) is 2.30. The Hall–Kier alpha value is -2.03. The van der Waals surface area contributed by atoms with Crippen molar-refractivity contribution in [2.75, 3.05) is 0 Å². The predicted molar refractivity (Wildman–Crippen MR) is 55.4 cm³/mol. The minimum Gasteiger partial charge on any atom is -0.308 e. The van der Waals surface area contributed by atoms with Crippen molar-refractivity contribution in [1.29, 1.82) is 5.41 Å². The molecule has 0 aliphatic carbocycles. The van der Waals surface area contributed by atoms with Crippen LogP contribution in [0.3, 0.4) is 0 Å². The third-order valence-electron chi connectivity index (χ3n) is 1.93. The van der Waals surface area contributed by atoms with Gasteiger partial charge in [-0.15, -0.1) is 0 Å². The van der Waals surface area contributed by atoms with Crippen LogP contribution in [0, 0.1) is 5.41 Å². The zero-order chi connectivity index (χ0) is 9.80. The first-order chi connectivity index (χ1) is 6.90. The van der Waals surface area contributed by atoms with Crippen molar-refractivity contribution in [2.24, 2.45) is 0 Å². The minimum atomic E-state index is 0.854. The Bertz CT molecular complexity index is 437. The molecular formula is C11H9N3. The van der Waals surface area contributed by atoms with Gasteiger partial charge >= 0.3 is 0 Å². The summed E-state index contributed by atoms with van der Waals surface area (Å²) in [4.78, 5) is 8.17. The molecule has 0 radical (unpaired) electrons. The highest BCUT2D eigenvalue weighted by Gasteiger charge is 1.97. The SMILES string of the molecule is N=Cc1ccnc(-c2ccncc2)c1. The largest absolute Gasteiger partial charge is 0.308 e. The summed E-state index contributed by atoms with van der Waals surface area (Å²) in [5.41, 5.74) is 2.74. The predicted octanol–water partition coefficient (Wildman–Crippen LogP) is 2.14. The van der Waals surface area contributed by atoms with Crippen LogP contribution in [0.25, 0.3) is 11.3 Å². The summed E-state index contributed by atoms with van der Waals surface area (Å²) in [6.07, 6.45) is 6.48. The molecule has 0 aliphatic heterocycles. The minimum absolute atomic E-state index is 0.854. The molecule has 0 atom stereocenters. The molecule has 2 rings (SSSR count). The van der Waals surface area contributed by atoms with Gasteiger partial charge in [-0.1, -0.05) is 0 Å². The summed E-state index contributed by atoms with van der Waals surface area (Å²) in [7, 11) is 0. The van der Waals surface area contributed by atoms with Crippen molar-refractivity contribution >= 4 is 6.21 Å². The highest BCUT2D eigenvalue weighted by atomic mass is 14.7. The molecule has 0 unspecified atom stereocenters. The molecule has 0 saturated carbocycles. The first kappa shape index (κ1) is 8.56. The topological polar surface area (TPSA) is 49.6 Å². The number of nitrogens with one attached hydrogen (secondary N) is 1. The molecule has 2 aromatic rings. The van der Waals surface area contributed by atoms with Gasteiger partial charge in [-0.2, -0.15) is 0 Å². The lowest BCUT2D eigenvalue weighted by Gasteiger charge is -2.00. The first-order valence-corrected chi connectivity index (χ1v) is 4.27. The molecule has 68 valence electrons. The molecule has 3 nitrogen and oxygen atoms in total. The Kier molecular flexibility index (Phi) is 2.32. The van der Waals surface area contributed by atoms with Gasteiger partial charge in [0.15, 0.2) is 0 Å². The molecule has 0 amide bonds.